The maximum atomic E-state index is 11.4. The number of allylic oxidation sites excluding steroid dienone is 1. The first-order valence-corrected chi connectivity index (χ1v) is 12.1. The molecular weight excluding hydrogens is 401 g/mol. The van der Waals surface area contributed by atoms with Crippen molar-refractivity contribution in [3.63, 3.8) is 0 Å². The maximum absolute atomic E-state index is 11.4. The average molecular weight is 424 g/mol. The number of nitro benzene ring substituents is 1. The normalized spacial score (nSPS) is 11.5. The van der Waals surface area contributed by atoms with Crippen LogP contribution in [-0.4, -0.2) is 11.1 Å². The molecule has 0 spiro atoms. The van der Waals surface area contributed by atoms with Gasteiger partial charge < -0.3 is 0 Å². The number of nitro groups is 1. The predicted molar refractivity (Wildman–Crippen MR) is 132 cm³/mol. The number of rotatable bonds is 7. The summed E-state index contributed by atoms with van der Waals surface area (Å²) in [5.41, 5.74) is 0.751. The highest BCUT2D eigenvalue weighted by atomic mass is 31.2. The zero-order chi connectivity index (χ0) is 21.5. The van der Waals surface area contributed by atoms with Gasteiger partial charge in [-0.1, -0.05) is 66.7 Å². The van der Waals surface area contributed by atoms with Crippen LogP contribution in [0.2, 0.25) is 0 Å². The molecule has 0 aromatic heterocycles. The summed E-state index contributed by atoms with van der Waals surface area (Å²) in [5.74, 6) is 0. The summed E-state index contributed by atoms with van der Waals surface area (Å²) in [5, 5.41) is 15.3. The standard InChI is InChI=1S/C27H23NO2P/c29-28(30)27-21-11-10-13-23(27)14-12-22-31(24-15-4-1-5-16-24,25-17-6-2-7-18-25)26-19-8-3-9-20-26/h1-21H,22H2/q+1/b14-12-. The Bertz CT molecular complexity index is 1080. The SMILES string of the molecule is O=[N+]([O-])c1ccccc1/C=C\C[P+](c1ccccc1)(c1ccccc1)c1ccccc1. The van der Waals surface area contributed by atoms with E-state index < -0.39 is 7.26 Å². The summed E-state index contributed by atoms with van der Waals surface area (Å²) in [6.07, 6.45) is 4.77. The second kappa shape index (κ2) is 9.51. The Morgan fingerprint density at radius 3 is 1.52 bits per heavy atom. The molecule has 0 bridgehead atoms. The quantitative estimate of drug-likeness (QED) is 0.220. The smallest absolute Gasteiger partial charge is 0.258 e. The molecule has 3 nitrogen and oxygen atoms in total. The Kier molecular flexibility index (Phi) is 6.35. The van der Waals surface area contributed by atoms with Gasteiger partial charge in [-0.25, -0.2) is 0 Å². The monoisotopic (exact) mass is 424 g/mol. The zero-order valence-electron chi connectivity index (χ0n) is 17.0. The third kappa shape index (κ3) is 4.33. The third-order valence-corrected chi connectivity index (χ3v) is 9.70. The lowest BCUT2D eigenvalue weighted by Crippen LogP contribution is -2.32. The van der Waals surface area contributed by atoms with E-state index in [0.717, 1.165) is 6.16 Å². The number of nitrogens with zero attached hydrogens (tertiary/aromatic N) is 1. The molecule has 4 aromatic carbocycles. The Labute approximate surface area is 183 Å². The molecule has 4 heteroatoms. The maximum Gasteiger partial charge on any atom is 0.276 e. The molecule has 0 radical (unpaired) electrons. The summed E-state index contributed by atoms with van der Waals surface area (Å²) in [6.45, 7) is 0. The van der Waals surface area contributed by atoms with Crippen molar-refractivity contribution in [2.45, 2.75) is 0 Å². The van der Waals surface area contributed by atoms with Crippen LogP contribution < -0.4 is 15.9 Å². The van der Waals surface area contributed by atoms with Crippen molar-refractivity contribution >= 4 is 34.9 Å². The topological polar surface area (TPSA) is 43.1 Å². The Morgan fingerprint density at radius 1 is 0.645 bits per heavy atom. The molecule has 0 heterocycles. The molecule has 0 unspecified atom stereocenters. The molecule has 4 aromatic rings. The van der Waals surface area contributed by atoms with Gasteiger partial charge in [-0.2, -0.15) is 0 Å². The fourth-order valence-electron chi connectivity index (χ4n) is 3.94. The number of hydrogen-bond acceptors (Lipinski definition) is 2. The van der Waals surface area contributed by atoms with E-state index in [9.17, 15) is 10.1 Å². The highest BCUT2D eigenvalue weighted by Gasteiger charge is 2.44. The lowest BCUT2D eigenvalue weighted by molar-refractivity contribution is -0.385. The first kappa shape index (κ1) is 20.7. The summed E-state index contributed by atoms with van der Waals surface area (Å²) >= 11 is 0. The van der Waals surface area contributed by atoms with E-state index >= 15 is 0 Å². The number of hydrogen-bond donors (Lipinski definition) is 0. The van der Waals surface area contributed by atoms with Gasteiger partial charge in [-0.3, -0.25) is 10.1 Å². The van der Waals surface area contributed by atoms with Crippen molar-refractivity contribution in [1.29, 1.82) is 0 Å². The van der Waals surface area contributed by atoms with E-state index in [1.165, 1.54) is 15.9 Å². The van der Waals surface area contributed by atoms with Crippen molar-refractivity contribution < 1.29 is 4.92 Å². The zero-order valence-corrected chi connectivity index (χ0v) is 17.9. The van der Waals surface area contributed by atoms with Crippen molar-refractivity contribution in [2.75, 3.05) is 6.16 Å². The second-order valence-electron chi connectivity index (χ2n) is 7.22. The van der Waals surface area contributed by atoms with Gasteiger partial charge in [0.25, 0.3) is 5.69 Å². The molecular formula is C27H23NO2P+. The summed E-state index contributed by atoms with van der Waals surface area (Å²) < 4.78 is 0. The molecule has 0 saturated heterocycles. The summed E-state index contributed by atoms with van der Waals surface area (Å²) in [6, 6.07) is 38.7. The van der Waals surface area contributed by atoms with Crippen LogP contribution in [0.25, 0.3) is 6.08 Å². The van der Waals surface area contributed by atoms with Crippen LogP contribution in [0.5, 0.6) is 0 Å². The van der Waals surface area contributed by atoms with Crippen LogP contribution in [0.4, 0.5) is 5.69 Å². The van der Waals surface area contributed by atoms with Gasteiger partial charge in [0.15, 0.2) is 0 Å². The lowest BCUT2D eigenvalue weighted by atomic mass is 10.2. The highest BCUT2D eigenvalue weighted by Crippen LogP contribution is 2.55. The summed E-state index contributed by atoms with van der Waals surface area (Å²) in [4.78, 5) is 11.1. The van der Waals surface area contributed by atoms with Gasteiger partial charge in [0, 0.05) is 6.07 Å². The van der Waals surface area contributed by atoms with E-state index in [4.69, 9.17) is 0 Å². The largest absolute Gasteiger partial charge is 0.276 e. The second-order valence-corrected chi connectivity index (χ2v) is 10.8. The number of para-hydroxylation sites is 1. The molecule has 0 fully saturated rings. The molecule has 0 atom stereocenters. The first-order chi connectivity index (χ1) is 15.2. The molecule has 152 valence electrons. The molecule has 0 aliphatic rings. The minimum atomic E-state index is -1.99. The van der Waals surface area contributed by atoms with Crippen LogP contribution in [-0.2, 0) is 0 Å². The van der Waals surface area contributed by atoms with Crippen LogP contribution in [0.3, 0.4) is 0 Å². The van der Waals surface area contributed by atoms with Crippen molar-refractivity contribution in [3.8, 4) is 0 Å². The van der Waals surface area contributed by atoms with E-state index in [0.29, 0.717) is 5.56 Å². The molecule has 0 aliphatic carbocycles. The van der Waals surface area contributed by atoms with Gasteiger partial charge >= 0.3 is 0 Å². The van der Waals surface area contributed by atoms with Gasteiger partial charge in [-0.15, -0.1) is 0 Å². The lowest BCUT2D eigenvalue weighted by Gasteiger charge is -2.26. The molecule has 31 heavy (non-hydrogen) atoms. The Balaban J connectivity index is 1.86. The molecule has 4 rings (SSSR count). The molecule has 0 aliphatic heterocycles. The average Bonchev–Trinajstić information content (AvgIpc) is 2.84. The van der Waals surface area contributed by atoms with Gasteiger partial charge in [-0.05, 0) is 54.6 Å². The predicted octanol–water partition coefficient (Wildman–Crippen LogP) is 5.60. The Morgan fingerprint density at radius 2 is 1.06 bits per heavy atom. The fraction of sp³-hybridized carbons (Fsp3) is 0.0370. The van der Waals surface area contributed by atoms with Crippen LogP contribution in [0.15, 0.2) is 121 Å². The van der Waals surface area contributed by atoms with Gasteiger partial charge in [0.2, 0.25) is 0 Å². The minimum absolute atomic E-state index is 0.127. The van der Waals surface area contributed by atoms with Gasteiger partial charge in [0.1, 0.15) is 23.2 Å². The first-order valence-electron chi connectivity index (χ1n) is 10.2. The van der Waals surface area contributed by atoms with Crippen LogP contribution in [0, 0.1) is 10.1 Å². The van der Waals surface area contributed by atoms with E-state index in [2.05, 4.69) is 78.9 Å². The van der Waals surface area contributed by atoms with E-state index in [1.807, 2.05) is 30.3 Å². The van der Waals surface area contributed by atoms with Crippen LogP contribution in [0.1, 0.15) is 5.56 Å². The van der Waals surface area contributed by atoms with Gasteiger partial charge in [0.05, 0.1) is 16.6 Å². The summed E-state index contributed by atoms with van der Waals surface area (Å²) in [7, 11) is -1.99. The third-order valence-electron chi connectivity index (χ3n) is 5.40. The highest BCUT2D eigenvalue weighted by molar-refractivity contribution is 7.95. The fourth-order valence-corrected chi connectivity index (χ4v) is 7.94. The Hall–Kier alpha value is -3.55. The molecule has 0 N–H and O–H groups in total. The molecule has 0 amide bonds. The van der Waals surface area contributed by atoms with Crippen molar-refractivity contribution in [1.82, 2.24) is 0 Å². The molecule has 0 saturated carbocycles. The van der Waals surface area contributed by atoms with Crippen LogP contribution >= 0.6 is 7.26 Å². The van der Waals surface area contributed by atoms with Crippen molar-refractivity contribution in [2.24, 2.45) is 0 Å². The number of benzene rings is 4. The van der Waals surface area contributed by atoms with Crippen molar-refractivity contribution in [3.05, 3.63) is 137 Å². The minimum Gasteiger partial charge on any atom is -0.258 e. The van der Waals surface area contributed by atoms with E-state index in [-0.39, 0.29) is 10.6 Å². The van der Waals surface area contributed by atoms with E-state index in [1.54, 1.807) is 18.2 Å².